The molecule has 0 amide bonds. The van der Waals surface area contributed by atoms with E-state index < -0.39 is 4.92 Å². The van der Waals surface area contributed by atoms with Gasteiger partial charge in [0.2, 0.25) is 5.78 Å². The van der Waals surface area contributed by atoms with E-state index in [2.05, 4.69) is 24.2 Å². The summed E-state index contributed by atoms with van der Waals surface area (Å²) in [6.07, 6.45) is 0.911. The molecule has 0 fully saturated rings. The monoisotopic (exact) mass is 350 g/mol. The van der Waals surface area contributed by atoms with Crippen LogP contribution in [0.15, 0.2) is 48.5 Å². The fourth-order valence-electron chi connectivity index (χ4n) is 3.83. The SMILES string of the molecule is C[N@+]1(CC(=O)c2ccc([N+](=O)[O-])cc2)CCc2[nH]c3ccccc3c2C1. The minimum atomic E-state index is -0.453. The number of nitro benzene ring substituents is 1. The number of aromatic amines is 1. The molecule has 0 spiro atoms. The van der Waals surface area contributed by atoms with Crippen LogP contribution in [0.3, 0.4) is 0 Å². The van der Waals surface area contributed by atoms with Gasteiger partial charge in [0.25, 0.3) is 5.69 Å². The fourth-order valence-corrected chi connectivity index (χ4v) is 3.83. The van der Waals surface area contributed by atoms with E-state index >= 15 is 0 Å². The van der Waals surface area contributed by atoms with Crippen molar-refractivity contribution in [2.24, 2.45) is 0 Å². The highest BCUT2D eigenvalue weighted by Gasteiger charge is 2.33. The number of aromatic nitrogens is 1. The Labute approximate surface area is 150 Å². The maximum absolute atomic E-state index is 12.7. The van der Waals surface area contributed by atoms with Crippen molar-refractivity contribution in [3.05, 3.63) is 75.5 Å². The number of benzene rings is 2. The largest absolute Gasteiger partial charge is 0.358 e. The number of nitrogens with one attached hydrogen (secondary N) is 1. The van der Waals surface area contributed by atoms with Crippen LogP contribution in [0.25, 0.3) is 10.9 Å². The zero-order valence-electron chi connectivity index (χ0n) is 14.6. The second-order valence-electron chi connectivity index (χ2n) is 7.26. The van der Waals surface area contributed by atoms with Gasteiger partial charge in [0.15, 0.2) is 0 Å². The number of Topliss-reactive ketones (excluding diaryl/α,β-unsaturated/α-hetero) is 1. The van der Waals surface area contributed by atoms with Gasteiger partial charge in [-0.3, -0.25) is 14.9 Å². The van der Waals surface area contributed by atoms with E-state index in [-0.39, 0.29) is 11.5 Å². The van der Waals surface area contributed by atoms with Crippen molar-refractivity contribution in [3.63, 3.8) is 0 Å². The number of ketones is 1. The smallest absolute Gasteiger partial charge is 0.269 e. The van der Waals surface area contributed by atoms with Gasteiger partial charge in [0, 0.05) is 46.3 Å². The lowest BCUT2D eigenvalue weighted by molar-refractivity contribution is -0.916. The molecule has 6 heteroatoms. The molecule has 0 aliphatic carbocycles. The maximum Gasteiger partial charge on any atom is 0.269 e. The molecule has 0 saturated heterocycles. The molecule has 3 aromatic rings. The van der Waals surface area contributed by atoms with E-state index in [1.807, 2.05) is 12.1 Å². The maximum atomic E-state index is 12.7. The number of fused-ring (bicyclic) bond motifs is 3. The van der Waals surface area contributed by atoms with Crippen molar-refractivity contribution in [2.75, 3.05) is 20.1 Å². The normalized spacial score (nSPS) is 19.3. The van der Waals surface area contributed by atoms with Crippen molar-refractivity contribution >= 4 is 22.4 Å². The van der Waals surface area contributed by atoms with Gasteiger partial charge in [-0.1, -0.05) is 18.2 Å². The molecule has 1 atom stereocenters. The quantitative estimate of drug-likeness (QED) is 0.339. The average molecular weight is 350 g/mol. The molecule has 26 heavy (non-hydrogen) atoms. The summed E-state index contributed by atoms with van der Waals surface area (Å²) in [4.78, 5) is 26.5. The Morgan fingerprint density at radius 2 is 1.92 bits per heavy atom. The number of carbonyl (C=O) groups is 1. The number of hydrogen-bond acceptors (Lipinski definition) is 3. The predicted molar refractivity (Wildman–Crippen MR) is 99.1 cm³/mol. The standard InChI is InChI=1S/C20H20N3O3/c1-23(13-20(24)14-6-8-15(9-7-14)22(25)26)11-10-19-17(12-23)16-4-2-3-5-18(16)21-19/h2-9,21H,10-13H2,1H3/q+1/t23-/m0/s1. The van der Waals surface area contributed by atoms with Gasteiger partial charge in [-0.2, -0.15) is 0 Å². The van der Waals surface area contributed by atoms with Crippen LogP contribution in [-0.2, 0) is 13.0 Å². The fraction of sp³-hybridized carbons (Fsp3) is 0.250. The van der Waals surface area contributed by atoms with Crippen LogP contribution in [0.5, 0.6) is 0 Å². The van der Waals surface area contributed by atoms with Crippen LogP contribution in [0.1, 0.15) is 21.6 Å². The number of hydrogen-bond donors (Lipinski definition) is 1. The van der Waals surface area contributed by atoms with Crippen LogP contribution in [0.2, 0.25) is 0 Å². The molecule has 1 aliphatic rings. The molecule has 0 unspecified atom stereocenters. The number of para-hydroxylation sites is 1. The number of nitrogens with zero attached hydrogens (tertiary/aromatic N) is 2. The number of quaternary nitrogens is 1. The lowest BCUT2D eigenvalue weighted by atomic mass is 10.0. The van der Waals surface area contributed by atoms with Gasteiger partial charge in [-0.25, -0.2) is 0 Å². The van der Waals surface area contributed by atoms with Gasteiger partial charge in [0.1, 0.15) is 13.1 Å². The predicted octanol–water partition coefficient (Wildman–Crippen LogP) is 3.46. The Morgan fingerprint density at radius 1 is 1.19 bits per heavy atom. The van der Waals surface area contributed by atoms with Gasteiger partial charge >= 0.3 is 0 Å². The van der Waals surface area contributed by atoms with Crippen molar-refractivity contribution in [1.82, 2.24) is 4.98 Å². The van der Waals surface area contributed by atoms with E-state index in [0.29, 0.717) is 16.6 Å². The van der Waals surface area contributed by atoms with Crippen molar-refractivity contribution in [3.8, 4) is 0 Å². The molecule has 0 radical (unpaired) electrons. The molecule has 132 valence electrons. The van der Waals surface area contributed by atoms with Crippen molar-refractivity contribution < 1.29 is 14.2 Å². The van der Waals surface area contributed by atoms with Gasteiger partial charge in [0.05, 0.1) is 18.5 Å². The Hall–Kier alpha value is -2.99. The molecule has 6 nitrogen and oxygen atoms in total. The zero-order chi connectivity index (χ0) is 18.3. The van der Waals surface area contributed by atoms with Crippen LogP contribution >= 0.6 is 0 Å². The number of carbonyl (C=O) groups excluding carboxylic acids is 1. The number of likely N-dealkylation sites (N-methyl/N-ethyl adjacent to an activating group) is 1. The molecule has 0 saturated carbocycles. The number of nitro groups is 1. The van der Waals surface area contributed by atoms with Gasteiger partial charge < -0.3 is 9.47 Å². The molecule has 4 rings (SSSR count). The minimum Gasteiger partial charge on any atom is -0.358 e. The van der Waals surface area contributed by atoms with E-state index in [0.717, 1.165) is 25.0 Å². The summed E-state index contributed by atoms with van der Waals surface area (Å²) < 4.78 is 0.644. The van der Waals surface area contributed by atoms with Crippen LogP contribution in [-0.4, -0.2) is 40.3 Å². The molecule has 1 aliphatic heterocycles. The first-order valence-electron chi connectivity index (χ1n) is 8.65. The summed E-state index contributed by atoms with van der Waals surface area (Å²) >= 11 is 0. The number of rotatable bonds is 4. The van der Waals surface area contributed by atoms with Crippen molar-refractivity contribution in [1.29, 1.82) is 0 Å². The number of H-pyrrole nitrogens is 1. The summed E-state index contributed by atoms with van der Waals surface area (Å²) in [6.45, 7) is 2.08. The van der Waals surface area contributed by atoms with Crippen LogP contribution in [0, 0.1) is 10.1 Å². The summed E-state index contributed by atoms with van der Waals surface area (Å²) in [5.74, 6) is 0.0192. The van der Waals surface area contributed by atoms with E-state index in [1.54, 1.807) is 12.1 Å². The molecule has 2 aromatic carbocycles. The van der Waals surface area contributed by atoms with Gasteiger partial charge in [-0.05, 0) is 18.2 Å². The molecular formula is C20H20N3O3+. The topological polar surface area (TPSA) is 76.0 Å². The van der Waals surface area contributed by atoms with Crippen LogP contribution < -0.4 is 0 Å². The summed E-state index contributed by atoms with van der Waals surface area (Å²) in [5, 5.41) is 12.0. The van der Waals surface area contributed by atoms with Crippen molar-refractivity contribution in [2.45, 2.75) is 13.0 Å². The first-order valence-corrected chi connectivity index (χ1v) is 8.65. The van der Waals surface area contributed by atoms with E-state index in [1.165, 1.54) is 28.8 Å². The molecular weight excluding hydrogens is 330 g/mol. The first kappa shape index (κ1) is 16.5. The Balaban J connectivity index is 1.56. The molecule has 1 N–H and O–H groups in total. The van der Waals surface area contributed by atoms with E-state index in [9.17, 15) is 14.9 Å². The van der Waals surface area contributed by atoms with Gasteiger partial charge in [-0.15, -0.1) is 0 Å². The zero-order valence-corrected chi connectivity index (χ0v) is 14.6. The Morgan fingerprint density at radius 3 is 2.65 bits per heavy atom. The molecule has 2 heterocycles. The Bertz CT molecular complexity index is 1010. The van der Waals surface area contributed by atoms with Crippen LogP contribution in [0.4, 0.5) is 5.69 Å². The third-order valence-electron chi connectivity index (χ3n) is 5.27. The highest BCUT2D eigenvalue weighted by atomic mass is 16.6. The second-order valence-corrected chi connectivity index (χ2v) is 7.26. The lowest BCUT2D eigenvalue weighted by Crippen LogP contribution is -2.50. The molecule has 1 aromatic heterocycles. The van der Waals surface area contributed by atoms with E-state index in [4.69, 9.17) is 0 Å². The average Bonchev–Trinajstić information content (AvgIpc) is 2.99. The highest BCUT2D eigenvalue weighted by Crippen LogP contribution is 2.30. The summed E-state index contributed by atoms with van der Waals surface area (Å²) in [7, 11) is 2.11. The molecule has 0 bridgehead atoms. The Kier molecular flexibility index (Phi) is 3.85. The first-order chi connectivity index (χ1) is 12.5. The third kappa shape index (κ3) is 2.88. The minimum absolute atomic E-state index is 0.00310. The third-order valence-corrected chi connectivity index (χ3v) is 5.27. The number of non-ortho nitro benzene ring substituents is 1. The lowest BCUT2D eigenvalue weighted by Gasteiger charge is -2.37. The summed E-state index contributed by atoms with van der Waals surface area (Å²) in [6, 6.07) is 14.1. The second kappa shape index (κ2) is 6.07. The summed E-state index contributed by atoms with van der Waals surface area (Å²) in [5.41, 5.74) is 4.24. The highest BCUT2D eigenvalue weighted by molar-refractivity contribution is 5.97.